The van der Waals surface area contributed by atoms with Gasteiger partial charge in [-0.3, -0.25) is 4.79 Å². The fourth-order valence-corrected chi connectivity index (χ4v) is 3.52. The fourth-order valence-electron chi connectivity index (χ4n) is 1.90. The first kappa shape index (κ1) is 12.4. The van der Waals surface area contributed by atoms with Gasteiger partial charge in [0.15, 0.2) is 0 Å². The van der Waals surface area contributed by atoms with Crippen molar-refractivity contribution in [2.75, 3.05) is 0 Å². The number of fused-ring (bicyclic) bond motifs is 1. The minimum atomic E-state index is 0.00245. The Morgan fingerprint density at radius 3 is 2.79 bits per heavy atom. The molecule has 3 aromatic rings. The fraction of sp³-hybridized carbons (Fsp3) is 0.214. The molecule has 3 aromatic heterocycles. The second-order valence-corrected chi connectivity index (χ2v) is 6.42. The highest BCUT2D eigenvalue weighted by atomic mass is 32.1. The first-order valence-corrected chi connectivity index (χ1v) is 7.74. The van der Waals surface area contributed by atoms with Crippen molar-refractivity contribution in [3.05, 3.63) is 44.9 Å². The molecule has 0 spiro atoms. The van der Waals surface area contributed by atoms with Gasteiger partial charge in [0.05, 0.1) is 15.1 Å². The van der Waals surface area contributed by atoms with Gasteiger partial charge in [-0.25, -0.2) is 9.97 Å². The molecule has 19 heavy (non-hydrogen) atoms. The van der Waals surface area contributed by atoms with E-state index in [0.717, 1.165) is 32.2 Å². The zero-order chi connectivity index (χ0) is 13.4. The summed E-state index contributed by atoms with van der Waals surface area (Å²) in [5.74, 6) is 0.727. The summed E-state index contributed by atoms with van der Waals surface area (Å²) in [6, 6.07) is 5.78. The molecule has 3 rings (SSSR count). The first-order chi connectivity index (χ1) is 9.19. The van der Waals surface area contributed by atoms with E-state index >= 15 is 0 Å². The normalized spacial score (nSPS) is 11.1. The highest BCUT2D eigenvalue weighted by Crippen LogP contribution is 2.26. The highest BCUT2D eigenvalue weighted by Gasteiger charge is 2.18. The van der Waals surface area contributed by atoms with Crippen molar-refractivity contribution in [2.24, 2.45) is 0 Å². The van der Waals surface area contributed by atoms with Crippen molar-refractivity contribution in [2.45, 2.75) is 20.3 Å². The van der Waals surface area contributed by atoms with Crippen molar-refractivity contribution in [3.8, 4) is 0 Å². The van der Waals surface area contributed by atoms with E-state index in [9.17, 15) is 4.79 Å². The van der Waals surface area contributed by atoms with Crippen LogP contribution in [0.25, 0.3) is 10.2 Å². The maximum absolute atomic E-state index is 12.6. The maximum Gasteiger partial charge on any atom is 0.222 e. The van der Waals surface area contributed by atoms with Crippen molar-refractivity contribution in [3.63, 3.8) is 0 Å². The van der Waals surface area contributed by atoms with Gasteiger partial charge in [-0.05, 0) is 30.5 Å². The average Bonchev–Trinajstić information content (AvgIpc) is 3.04. The lowest BCUT2D eigenvalue weighted by Crippen LogP contribution is -2.06. The van der Waals surface area contributed by atoms with Crippen molar-refractivity contribution in [1.29, 1.82) is 0 Å². The molecule has 0 N–H and O–H groups in total. The Morgan fingerprint density at radius 1 is 1.26 bits per heavy atom. The van der Waals surface area contributed by atoms with Crippen LogP contribution in [0, 0.1) is 6.92 Å². The number of thiophene rings is 2. The molecule has 0 atom stereocenters. The summed E-state index contributed by atoms with van der Waals surface area (Å²) in [5, 5.41) is 1.95. The third kappa shape index (κ3) is 2.19. The van der Waals surface area contributed by atoms with Crippen LogP contribution < -0.4 is 0 Å². The number of carbonyl (C=O) groups excluding carboxylic acids is 1. The van der Waals surface area contributed by atoms with Gasteiger partial charge in [-0.2, -0.15) is 0 Å². The first-order valence-electron chi connectivity index (χ1n) is 6.04. The van der Waals surface area contributed by atoms with E-state index in [0.29, 0.717) is 5.69 Å². The molecule has 0 bridgehead atoms. The molecule has 0 unspecified atom stereocenters. The molecular formula is C14H12N2OS2. The molecule has 5 heteroatoms. The Hall–Kier alpha value is -1.59. The number of carbonyl (C=O) groups is 1. The second kappa shape index (κ2) is 4.83. The van der Waals surface area contributed by atoms with Crippen LogP contribution in [0.4, 0.5) is 0 Å². The molecule has 0 aliphatic rings. The van der Waals surface area contributed by atoms with Crippen LogP contribution >= 0.6 is 22.7 Å². The average molecular weight is 288 g/mol. The molecule has 0 amide bonds. The van der Waals surface area contributed by atoms with E-state index in [4.69, 9.17) is 0 Å². The Kier molecular flexibility index (Phi) is 3.16. The molecule has 3 nitrogen and oxygen atoms in total. The Morgan fingerprint density at radius 2 is 2.11 bits per heavy atom. The molecule has 0 saturated carbocycles. The standard InChI is InChI=1S/C14H12N2OS2/c1-3-11-15-9-6-7-18-14(9)12(16-11)13(17)10-5-4-8(2)19-10/h4-7H,3H2,1-2H3. The van der Waals surface area contributed by atoms with E-state index in [1.54, 1.807) is 0 Å². The summed E-state index contributed by atoms with van der Waals surface area (Å²) in [6.45, 7) is 4.00. The second-order valence-electron chi connectivity index (χ2n) is 4.22. The summed E-state index contributed by atoms with van der Waals surface area (Å²) in [4.78, 5) is 23.3. The van der Waals surface area contributed by atoms with Gasteiger partial charge in [-0.1, -0.05) is 6.92 Å². The highest BCUT2D eigenvalue weighted by molar-refractivity contribution is 7.18. The molecule has 3 heterocycles. The van der Waals surface area contributed by atoms with E-state index < -0.39 is 0 Å². The van der Waals surface area contributed by atoms with Crippen molar-refractivity contribution < 1.29 is 4.79 Å². The molecular weight excluding hydrogens is 276 g/mol. The lowest BCUT2D eigenvalue weighted by molar-refractivity contribution is 0.103. The largest absolute Gasteiger partial charge is 0.286 e. The zero-order valence-electron chi connectivity index (χ0n) is 10.6. The number of ketones is 1. The van der Waals surface area contributed by atoms with E-state index in [-0.39, 0.29) is 5.78 Å². The van der Waals surface area contributed by atoms with E-state index in [1.165, 1.54) is 22.7 Å². The molecule has 96 valence electrons. The maximum atomic E-state index is 12.6. The topological polar surface area (TPSA) is 42.9 Å². The van der Waals surface area contributed by atoms with Gasteiger partial charge in [0.25, 0.3) is 0 Å². The lowest BCUT2D eigenvalue weighted by Gasteiger charge is -2.02. The molecule has 0 fully saturated rings. The Balaban J connectivity index is 2.18. The monoisotopic (exact) mass is 288 g/mol. The van der Waals surface area contributed by atoms with Crippen LogP contribution in [0.3, 0.4) is 0 Å². The number of hydrogen-bond donors (Lipinski definition) is 0. The quantitative estimate of drug-likeness (QED) is 0.687. The van der Waals surface area contributed by atoms with E-state index in [2.05, 4.69) is 9.97 Å². The summed E-state index contributed by atoms with van der Waals surface area (Å²) < 4.78 is 0.883. The van der Waals surface area contributed by atoms with Gasteiger partial charge >= 0.3 is 0 Å². The third-order valence-electron chi connectivity index (χ3n) is 2.85. The SMILES string of the molecule is CCc1nc(C(=O)c2ccc(C)s2)c2sccc2n1. The predicted octanol–water partition coefficient (Wildman–Crippen LogP) is 3.85. The molecule has 0 saturated heterocycles. The number of aromatic nitrogens is 2. The van der Waals surface area contributed by atoms with Crippen molar-refractivity contribution in [1.82, 2.24) is 9.97 Å². The number of aryl methyl sites for hydroxylation is 2. The predicted molar refractivity (Wildman–Crippen MR) is 79.3 cm³/mol. The number of rotatable bonds is 3. The van der Waals surface area contributed by atoms with Gasteiger partial charge in [-0.15, -0.1) is 22.7 Å². The molecule has 0 aliphatic heterocycles. The molecule has 0 aromatic carbocycles. The number of nitrogens with zero attached hydrogens (tertiary/aromatic N) is 2. The van der Waals surface area contributed by atoms with Crippen molar-refractivity contribution >= 4 is 38.7 Å². The minimum Gasteiger partial charge on any atom is -0.286 e. The molecule has 0 radical (unpaired) electrons. The number of hydrogen-bond acceptors (Lipinski definition) is 5. The smallest absolute Gasteiger partial charge is 0.222 e. The Labute approximate surface area is 119 Å². The van der Waals surface area contributed by atoms with E-state index in [1.807, 2.05) is 37.4 Å². The summed E-state index contributed by atoms with van der Waals surface area (Å²) in [6.07, 6.45) is 0.732. The van der Waals surface area contributed by atoms with Crippen LogP contribution in [0.5, 0.6) is 0 Å². The zero-order valence-corrected chi connectivity index (χ0v) is 12.3. The van der Waals surface area contributed by atoms with Gasteiger partial charge in [0, 0.05) is 11.3 Å². The summed E-state index contributed by atoms with van der Waals surface area (Å²) in [7, 11) is 0. The third-order valence-corrected chi connectivity index (χ3v) is 4.76. The lowest BCUT2D eigenvalue weighted by atomic mass is 10.2. The van der Waals surface area contributed by atoms with Gasteiger partial charge in [0.1, 0.15) is 11.5 Å². The van der Waals surface area contributed by atoms with Crippen LogP contribution in [0.2, 0.25) is 0 Å². The van der Waals surface area contributed by atoms with Crippen LogP contribution in [-0.4, -0.2) is 15.8 Å². The van der Waals surface area contributed by atoms with Gasteiger partial charge in [0.2, 0.25) is 5.78 Å². The van der Waals surface area contributed by atoms with Crippen LogP contribution in [0.15, 0.2) is 23.6 Å². The van der Waals surface area contributed by atoms with Gasteiger partial charge < -0.3 is 0 Å². The summed E-state index contributed by atoms with van der Waals surface area (Å²) in [5.41, 5.74) is 1.41. The van der Waals surface area contributed by atoms with Crippen LogP contribution in [-0.2, 0) is 6.42 Å². The molecule has 0 aliphatic carbocycles. The van der Waals surface area contributed by atoms with Crippen LogP contribution in [0.1, 0.15) is 33.0 Å². The minimum absolute atomic E-state index is 0.00245. The summed E-state index contributed by atoms with van der Waals surface area (Å²) >= 11 is 3.03. The Bertz CT molecular complexity index is 758.